The van der Waals surface area contributed by atoms with Gasteiger partial charge < -0.3 is 26.2 Å². The van der Waals surface area contributed by atoms with Crippen LogP contribution in [0, 0.1) is 6.92 Å². The second-order valence-electron chi connectivity index (χ2n) is 9.46. The quantitative estimate of drug-likeness (QED) is 0.328. The number of nitrogens with two attached hydrogens (primary N) is 1. The number of benzene rings is 2. The monoisotopic (exact) mass is 552 g/mol. The van der Waals surface area contributed by atoms with E-state index in [2.05, 4.69) is 35.6 Å². The van der Waals surface area contributed by atoms with Crippen LogP contribution in [0.5, 0.6) is 0 Å². The van der Waals surface area contributed by atoms with E-state index in [4.69, 9.17) is 5.73 Å². The van der Waals surface area contributed by atoms with Crippen molar-refractivity contribution < 1.29 is 18.0 Å². The van der Waals surface area contributed by atoms with E-state index < -0.39 is 17.6 Å². The third kappa shape index (κ3) is 5.96. The fourth-order valence-corrected chi connectivity index (χ4v) is 4.29. The van der Waals surface area contributed by atoms with Crippen molar-refractivity contribution in [3.05, 3.63) is 71.8 Å². The van der Waals surface area contributed by atoms with Gasteiger partial charge in [0, 0.05) is 54.9 Å². The van der Waals surface area contributed by atoms with Gasteiger partial charge >= 0.3 is 6.18 Å². The summed E-state index contributed by atoms with van der Waals surface area (Å²) in [6.45, 7) is 4.47. The van der Waals surface area contributed by atoms with Gasteiger partial charge in [-0.1, -0.05) is 6.07 Å². The van der Waals surface area contributed by atoms with Crippen molar-refractivity contribution >= 4 is 34.7 Å². The number of rotatable bonds is 6. The number of halogens is 3. The fraction of sp³-hybridized carbons (Fsp3) is 0.269. The van der Waals surface area contributed by atoms with Gasteiger partial charge in [0.25, 0.3) is 5.91 Å². The minimum absolute atomic E-state index is 0.0601. The van der Waals surface area contributed by atoms with E-state index in [1.165, 1.54) is 23.4 Å². The predicted octanol–water partition coefficient (Wildman–Crippen LogP) is 3.71. The summed E-state index contributed by atoms with van der Waals surface area (Å²) in [5.74, 6) is 0.400. The summed E-state index contributed by atoms with van der Waals surface area (Å²) in [5, 5.41) is 9.94. The summed E-state index contributed by atoms with van der Waals surface area (Å²) in [4.78, 5) is 29.4. The molecule has 0 bridgehead atoms. The summed E-state index contributed by atoms with van der Waals surface area (Å²) < 4.78 is 42.6. The Balaban J connectivity index is 1.39. The zero-order chi connectivity index (χ0) is 28.4. The molecule has 4 aromatic rings. The van der Waals surface area contributed by atoms with Crippen LogP contribution in [0.1, 0.15) is 21.5 Å². The molecule has 2 aromatic heterocycles. The first-order chi connectivity index (χ1) is 19.1. The van der Waals surface area contributed by atoms with E-state index >= 15 is 0 Å². The number of aromatic nitrogens is 5. The molecule has 0 aliphatic carbocycles. The van der Waals surface area contributed by atoms with Crippen LogP contribution in [-0.2, 0) is 6.18 Å². The number of nitrogens with one attached hydrogen (secondary N) is 2. The number of alkyl halides is 3. The molecular weight excluding hydrogens is 525 g/mol. The molecule has 5 rings (SSSR count). The van der Waals surface area contributed by atoms with Crippen molar-refractivity contribution in [3.63, 3.8) is 0 Å². The first-order valence-corrected chi connectivity index (χ1v) is 12.4. The molecule has 0 spiro atoms. The number of carbonyl (C=O) groups excluding carboxylic acids is 1. The van der Waals surface area contributed by atoms with Crippen LogP contribution in [-0.4, -0.2) is 68.8 Å². The second kappa shape index (κ2) is 10.8. The van der Waals surface area contributed by atoms with Crippen LogP contribution in [0.4, 0.5) is 42.0 Å². The molecule has 0 unspecified atom stereocenters. The summed E-state index contributed by atoms with van der Waals surface area (Å²) in [7, 11) is 1.97. The van der Waals surface area contributed by atoms with E-state index in [0.717, 1.165) is 30.8 Å². The highest BCUT2D eigenvalue weighted by Crippen LogP contribution is 2.35. The lowest BCUT2D eigenvalue weighted by Crippen LogP contribution is -2.44. The zero-order valence-corrected chi connectivity index (χ0v) is 21.8. The number of aryl methyl sites for hydroxylation is 1. The number of piperazine rings is 1. The molecule has 14 heteroatoms. The average molecular weight is 553 g/mol. The zero-order valence-electron chi connectivity index (χ0n) is 21.8. The number of nitrogen functional groups attached to an aromatic ring is 1. The van der Waals surface area contributed by atoms with E-state index in [9.17, 15) is 18.0 Å². The number of amides is 1. The van der Waals surface area contributed by atoms with E-state index in [1.807, 2.05) is 18.9 Å². The van der Waals surface area contributed by atoms with Gasteiger partial charge in [-0.25, -0.2) is 9.97 Å². The Morgan fingerprint density at radius 1 is 0.975 bits per heavy atom. The van der Waals surface area contributed by atoms with Crippen molar-refractivity contribution in [2.45, 2.75) is 13.1 Å². The van der Waals surface area contributed by atoms with Crippen LogP contribution in [0.25, 0.3) is 5.82 Å². The van der Waals surface area contributed by atoms with Crippen LogP contribution in [0.3, 0.4) is 0 Å². The van der Waals surface area contributed by atoms with Crippen molar-refractivity contribution in [3.8, 4) is 5.82 Å². The first kappa shape index (κ1) is 26.9. The Labute approximate surface area is 227 Å². The van der Waals surface area contributed by atoms with Crippen LogP contribution < -0.4 is 21.3 Å². The van der Waals surface area contributed by atoms with Crippen molar-refractivity contribution in [2.75, 3.05) is 54.5 Å². The van der Waals surface area contributed by atoms with Gasteiger partial charge in [0.15, 0.2) is 5.82 Å². The molecular formula is C26H27F3N10O. The number of anilines is 5. The summed E-state index contributed by atoms with van der Waals surface area (Å²) in [6, 6.07) is 10.1. The fourth-order valence-electron chi connectivity index (χ4n) is 4.29. The highest BCUT2D eigenvalue weighted by Gasteiger charge is 2.32. The largest absolute Gasteiger partial charge is 0.416 e. The maximum atomic E-state index is 13.7. The number of likely N-dealkylation sites (N-methyl/N-ethyl adjacent to an activating group) is 1. The molecule has 1 aliphatic rings. The predicted molar refractivity (Wildman–Crippen MR) is 145 cm³/mol. The minimum atomic E-state index is -4.56. The van der Waals surface area contributed by atoms with Crippen LogP contribution >= 0.6 is 0 Å². The lowest BCUT2D eigenvalue weighted by Gasteiger charge is -2.34. The molecule has 2 aromatic carbocycles. The number of hydrogen-bond acceptors (Lipinski definition) is 9. The van der Waals surface area contributed by atoms with Gasteiger partial charge in [-0.05, 0) is 49.9 Å². The molecule has 0 saturated carbocycles. The normalized spacial score (nSPS) is 14.3. The Morgan fingerprint density at radius 2 is 1.75 bits per heavy atom. The van der Waals surface area contributed by atoms with Crippen molar-refractivity contribution in [1.82, 2.24) is 29.6 Å². The minimum Gasteiger partial charge on any atom is -0.384 e. The maximum absolute atomic E-state index is 13.7. The van der Waals surface area contributed by atoms with Crippen LogP contribution in [0.15, 0.2) is 55.1 Å². The molecule has 1 saturated heterocycles. The maximum Gasteiger partial charge on any atom is 0.416 e. The average Bonchev–Trinajstić information content (AvgIpc) is 3.38. The van der Waals surface area contributed by atoms with Crippen molar-refractivity contribution in [2.24, 2.45) is 0 Å². The molecule has 1 aliphatic heterocycles. The summed E-state index contributed by atoms with van der Waals surface area (Å²) >= 11 is 0. The second-order valence-corrected chi connectivity index (χ2v) is 9.46. The van der Waals surface area contributed by atoms with E-state index in [1.54, 1.807) is 24.3 Å². The Hall–Kier alpha value is -4.72. The molecule has 208 valence electrons. The third-order valence-corrected chi connectivity index (χ3v) is 6.56. The molecule has 0 radical (unpaired) electrons. The van der Waals surface area contributed by atoms with Gasteiger partial charge in [0.1, 0.15) is 18.5 Å². The van der Waals surface area contributed by atoms with Gasteiger partial charge in [-0.2, -0.15) is 27.9 Å². The lowest BCUT2D eigenvalue weighted by atomic mass is 10.1. The molecule has 1 amide bonds. The van der Waals surface area contributed by atoms with E-state index in [0.29, 0.717) is 36.2 Å². The third-order valence-electron chi connectivity index (χ3n) is 6.56. The van der Waals surface area contributed by atoms with Crippen molar-refractivity contribution in [1.29, 1.82) is 0 Å². The number of carbonyl (C=O) groups is 1. The molecule has 4 N–H and O–H groups in total. The highest BCUT2D eigenvalue weighted by atomic mass is 19.4. The topological polar surface area (TPSA) is 130 Å². The summed E-state index contributed by atoms with van der Waals surface area (Å²) in [6.07, 6.45) is -1.93. The van der Waals surface area contributed by atoms with Crippen LogP contribution in [0.2, 0.25) is 0 Å². The molecule has 40 heavy (non-hydrogen) atoms. The number of nitrogens with zero attached hydrogens (tertiary/aromatic N) is 7. The Morgan fingerprint density at radius 3 is 2.48 bits per heavy atom. The molecule has 11 nitrogen and oxygen atoms in total. The lowest BCUT2D eigenvalue weighted by molar-refractivity contribution is -0.137. The summed E-state index contributed by atoms with van der Waals surface area (Å²) in [5.41, 5.74) is 6.98. The van der Waals surface area contributed by atoms with Gasteiger partial charge in [0.2, 0.25) is 5.95 Å². The SMILES string of the molecule is Cc1ccc(C(=O)Nc2cc(N3CCN(C)CC3)cc(C(F)(F)F)c2)cc1Nc1ncnn1-c1cc(N)ncn1. The van der Waals surface area contributed by atoms with Gasteiger partial charge in [-0.15, -0.1) is 0 Å². The smallest absolute Gasteiger partial charge is 0.384 e. The molecule has 1 fully saturated rings. The van der Waals surface area contributed by atoms with E-state index in [-0.39, 0.29) is 17.1 Å². The van der Waals surface area contributed by atoms with Gasteiger partial charge in [-0.3, -0.25) is 4.79 Å². The number of hydrogen-bond donors (Lipinski definition) is 3. The molecule has 0 atom stereocenters. The highest BCUT2D eigenvalue weighted by molar-refractivity contribution is 6.05. The Kier molecular flexibility index (Phi) is 7.26. The van der Waals surface area contributed by atoms with Gasteiger partial charge in [0.05, 0.1) is 5.56 Å². The first-order valence-electron chi connectivity index (χ1n) is 12.4. The standard InChI is InChI=1S/C26H27F3N10O/c1-16-3-4-17(9-21(16)36-25-33-15-34-39(25)23-13-22(30)31-14-32-23)24(40)35-19-10-18(26(27,28)29)11-20(12-19)38-7-5-37(2)6-8-38/h3-4,9-15H,5-8H2,1-2H3,(H,35,40)(H2,30,31,32)(H,33,34,36). The Bertz CT molecular complexity index is 1530. The molecule has 3 heterocycles.